The zero-order valence-electron chi connectivity index (χ0n) is 11.8. The van der Waals surface area contributed by atoms with Gasteiger partial charge < -0.3 is 25.9 Å². The van der Waals surface area contributed by atoms with Gasteiger partial charge in [-0.25, -0.2) is 4.98 Å². The highest BCUT2D eigenvalue weighted by Gasteiger charge is 2.40. The number of carbonyl (C=O) groups excluding carboxylic acids is 2. The smallest absolute Gasteiger partial charge is 0.395 e. The third-order valence-corrected chi connectivity index (χ3v) is 2.60. The second kappa shape index (κ2) is 8.12. The van der Waals surface area contributed by atoms with Crippen LogP contribution in [0, 0.1) is 10.1 Å². The molecule has 0 unspecified atom stereocenters. The fraction of sp³-hybridized carbons (Fsp3) is 0.545. The van der Waals surface area contributed by atoms with Crippen molar-refractivity contribution < 1.29 is 28.4 Å². The van der Waals surface area contributed by atoms with E-state index in [1.165, 1.54) is 0 Å². The van der Waals surface area contributed by atoms with Gasteiger partial charge in [0.05, 0.1) is 13.0 Å². The number of nitro groups is 1. The van der Waals surface area contributed by atoms with E-state index in [1.807, 2.05) is 5.32 Å². The number of carbonyl (C=O) groups is 2. The molecule has 4 N–H and O–H groups in total. The second-order valence-electron chi connectivity index (χ2n) is 4.43. The van der Waals surface area contributed by atoms with Crippen molar-refractivity contribution in [3.63, 3.8) is 0 Å². The number of halogens is 2. The molecule has 1 aromatic rings. The van der Waals surface area contributed by atoms with E-state index in [9.17, 15) is 28.5 Å². The maximum Gasteiger partial charge on any atom is 0.432 e. The van der Waals surface area contributed by atoms with Crippen LogP contribution in [0.15, 0.2) is 6.20 Å². The number of rotatable bonds is 9. The van der Waals surface area contributed by atoms with Gasteiger partial charge in [-0.2, -0.15) is 8.78 Å². The van der Waals surface area contributed by atoms with Crippen molar-refractivity contribution in [2.24, 2.45) is 0 Å². The third-order valence-electron chi connectivity index (χ3n) is 2.60. The number of amides is 2. The van der Waals surface area contributed by atoms with Gasteiger partial charge in [0.1, 0.15) is 6.20 Å². The fourth-order valence-corrected chi connectivity index (χ4v) is 1.54. The summed E-state index contributed by atoms with van der Waals surface area (Å²) in [6.07, 6.45) is -0.419. The molecular formula is C11H15F2N5O5. The third kappa shape index (κ3) is 5.94. The first-order chi connectivity index (χ1) is 10.8. The Kier molecular flexibility index (Phi) is 6.50. The van der Waals surface area contributed by atoms with Crippen LogP contribution in [0.4, 0.5) is 14.7 Å². The number of alkyl halides is 2. The Morgan fingerprint density at radius 2 is 2.09 bits per heavy atom. The maximum absolute atomic E-state index is 13.7. The van der Waals surface area contributed by atoms with Gasteiger partial charge >= 0.3 is 11.9 Å². The molecule has 0 aliphatic heterocycles. The molecule has 0 fully saturated rings. The lowest BCUT2D eigenvalue weighted by molar-refractivity contribution is -0.393. The summed E-state index contributed by atoms with van der Waals surface area (Å²) in [5, 5.41) is 23.1. The number of aliphatic hydroxyl groups excluding tert-OH is 1. The van der Waals surface area contributed by atoms with Crippen LogP contribution >= 0.6 is 0 Å². The number of aliphatic hydroxyl groups is 1. The quantitative estimate of drug-likeness (QED) is 0.339. The van der Waals surface area contributed by atoms with Gasteiger partial charge in [-0.05, 0) is 4.92 Å². The monoisotopic (exact) mass is 335 g/mol. The standard InChI is InChI=1S/C11H15F2N5O5/c12-11(13,5-7-6-16-10(17-7)18(22)23)9(21)15-2-1-8(20)14-3-4-19/h6,19H,1-5H2,(H,14,20)(H,15,21)(H,16,17). The molecule has 0 spiro atoms. The molecule has 2 amide bonds. The predicted octanol–water partition coefficient (Wildman–Crippen LogP) is -0.889. The molecule has 0 radical (unpaired) electrons. The summed E-state index contributed by atoms with van der Waals surface area (Å²) < 4.78 is 27.3. The van der Waals surface area contributed by atoms with Gasteiger partial charge in [0.25, 0.3) is 5.91 Å². The van der Waals surface area contributed by atoms with Crippen LogP contribution in [0.5, 0.6) is 0 Å². The Balaban J connectivity index is 2.46. The summed E-state index contributed by atoms with van der Waals surface area (Å²) >= 11 is 0. The first kappa shape index (κ1) is 18.4. The molecule has 23 heavy (non-hydrogen) atoms. The first-order valence-corrected chi connectivity index (χ1v) is 6.48. The Morgan fingerprint density at radius 3 is 2.65 bits per heavy atom. The zero-order valence-corrected chi connectivity index (χ0v) is 11.8. The fourth-order valence-electron chi connectivity index (χ4n) is 1.54. The minimum Gasteiger partial charge on any atom is -0.395 e. The molecule has 10 nitrogen and oxygen atoms in total. The summed E-state index contributed by atoms with van der Waals surface area (Å²) in [6.45, 7) is -0.542. The van der Waals surface area contributed by atoms with Crippen LogP contribution < -0.4 is 10.6 Å². The van der Waals surface area contributed by atoms with Crippen LogP contribution in [-0.2, 0) is 16.0 Å². The summed E-state index contributed by atoms with van der Waals surface area (Å²) in [7, 11) is 0. The Morgan fingerprint density at radius 1 is 1.39 bits per heavy atom. The number of aromatic nitrogens is 2. The molecule has 1 heterocycles. The van der Waals surface area contributed by atoms with Crippen molar-refractivity contribution in [1.29, 1.82) is 0 Å². The number of nitrogens with zero attached hydrogens (tertiary/aromatic N) is 2. The number of hydrogen-bond acceptors (Lipinski definition) is 6. The van der Waals surface area contributed by atoms with Gasteiger partial charge in [-0.1, -0.05) is 4.98 Å². The summed E-state index contributed by atoms with van der Waals surface area (Å²) in [6, 6.07) is 0. The SMILES string of the molecule is O=C(CCNC(=O)C(F)(F)Cc1c[nH]c([N+](=O)[O-])n1)NCCO. The normalized spacial score (nSPS) is 11.1. The van der Waals surface area contributed by atoms with Crippen molar-refractivity contribution in [1.82, 2.24) is 20.6 Å². The highest BCUT2D eigenvalue weighted by molar-refractivity contribution is 5.84. The van der Waals surface area contributed by atoms with Gasteiger partial charge in [-0.15, -0.1) is 0 Å². The minimum atomic E-state index is -3.83. The molecule has 0 aliphatic rings. The van der Waals surface area contributed by atoms with Crippen molar-refractivity contribution in [2.45, 2.75) is 18.8 Å². The van der Waals surface area contributed by atoms with E-state index in [4.69, 9.17) is 5.11 Å². The van der Waals surface area contributed by atoms with Gasteiger partial charge in [0, 0.05) is 19.5 Å². The lowest BCUT2D eigenvalue weighted by atomic mass is 10.2. The molecule has 0 saturated carbocycles. The zero-order chi connectivity index (χ0) is 17.5. The molecular weight excluding hydrogens is 320 g/mol. The van der Waals surface area contributed by atoms with E-state index in [0.717, 1.165) is 6.20 Å². The largest absolute Gasteiger partial charge is 0.432 e. The summed E-state index contributed by atoms with van der Waals surface area (Å²) in [5.41, 5.74) is -0.336. The molecule has 128 valence electrons. The number of H-pyrrole nitrogens is 1. The molecule has 0 atom stereocenters. The van der Waals surface area contributed by atoms with Crippen LogP contribution in [0.1, 0.15) is 12.1 Å². The van der Waals surface area contributed by atoms with E-state index in [2.05, 4.69) is 15.3 Å². The van der Waals surface area contributed by atoms with Crippen molar-refractivity contribution in [3.05, 3.63) is 22.0 Å². The average molecular weight is 335 g/mol. The predicted molar refractivity (Wildman–Crippen MR) is 71.6 cm³/mol. The first-order valence-electron chi connectivity index (χ1n) is 6.48. The number of imidazole rings is 1. The Hall–Kier alpha value is -2.63. The Bertz CT molecular complexity index is 577. The topological polar surface area (TPSA) is 150 Å². The average Bonchev–Trinajstić information content (AvgIpc) is 2.92. The van der Waals surface area contributed by atoms with Crippen molar-refractivity contribution >= 4 is 17.8 Å². The van der Waals surface area contributed by atoms with Crippen molar-refractivity contribution in [2.75, 3.05) is 19.7 Å². The van der Waals surface area contributed by atoms with Crippen LogP contribution in [-0.4, -0.2) is 57.4 Å². The summed E-state index contributed by atoms with van der Waals surface area (Å²) in [5.74, 6) is -6.65. The van der Waals surface area contributed by atoms with Crippen LogP contribution in [0.25, 0.3) is 0 Å². The lowest BCUT2D eigenvalue weighted by Gasteiger charge is -2.14. The van der Waals surface area contributed by atoms with E-state index in [-0.39, 0.29) is 31.8 Å². The van der Waals surface area contributed by atoms with E-state index < -0.39 is 35.0 Å². The Labute approximate surface area is 128 Å². The maximum atomic E-state index is 13.7. The van der Waals surface area contributed by atoms with Gasteiger partial charge in [-0.3, -0.25) is 9.59 Å². The highest BCUT2D eigenvalue weighted by atomic mass is 19.3. The summed E-state index contributed by atoms with van der Waals surface area (Å²) in [4.78, 5) is 37.5. The molecule has 12 heteroatoms. The molecule has 1 aromatic heterocycles. The molecule has 1 rings (SSSR count). The van der Waals surface area contributed by atoms with Crippen molar-refractivity contribution in [3.8, 4) is 0 Å². The number of aromatic amines is 1. The van der Waals surface area contributed by atoms with Gasteiger partial charge in [0.2, 0.25) is 5.91 Å². The molecule has 0 aliphatic carbocycles. The molecule has 0 saturated heterocycles. The van der Waals surface area contributed by atoms with E-state index in [0.29, 0.717) is 0 Å². The van der Waals surface area contributed by atoms with Crippen LogP contribution in [0.3, 0.4) is 0 Å². The number of hydrogen-bond donors (Lipinski definition) is 4. The van der Waals surface area contributed by atoms with Crippen LogP contribution in [0.2, 0.25) is 0 Å². The lowest BCUT2D eigenvalue weighted by Crippen LogP contribution is -2.43. The van der Waals surface area contributed by atoms with E-state index >= 15 is 0 Å². The van der Waals surface area contributed by atoms with Gasteiger partial charge in [0.15, 0.2) is 5.69 Å². The highest BCUT2D eigenvalue weighted by Crippen LogP contribution is 2.20. The molecule has 0 bridgehead atoms. The minimum absolute atomic E-state index is 0.0286. The second-order valence-corrected chi connectivity index (χ2v) is 4.43. The molecule has 0 aromatic carbocycles. The number of nitrogens with one attached hydrogen (secondary N) is 3. The van der Waals surface area contributed by atoms with E-state index in [1.54, 1.807) is 0 Å².